The van der Waals surface area contributed by atoms with Crippen LogP contribution >= 0.6 is 7.26 Å². The molecule has 5 heteroatoms. The van der Waals surface area contributed by atoms with Crippen LogP contribution in [0.25, 0.3) is 0 Å². The van der Waals surface area contributed by atoms with Crippen molar-refractivity contribution in [2.24, 2.45) is 0 Å². The summed E-state index contributed by atoms with van der Waals surface area (Å²) in [5.41, 5.74) is 0. The Bertz CT molecular complexity index is 300. The Kier molecular flexibility index (Phi) is 8.69. The fourth-order valence-electron chi connectivity index (χ4n) is 1.82. The van der Waals surface area contributed by atoms with Crippen LogP contribution in [0.5, 0.6) is 0 Å². The molecule has 0 N–H and O–H groups in total. The Balaban J connectivity index is 4.67. The molecule has 17 heavy (non-hydrogen) atoms. The average molecular weight is 247 g/mol. The fourth-order valence-corrected chi connectivity index (χ4v) is 5.46. The van der Waals surface area contributed by atoms with E-state index in [0.717, 1.165) is 24.6 Å². The zero-order valence-corrected chi connectivity index (χ0v) is 10.8. The van der Waals surface area contributed by atoms with Gasteiger partial charge in [-0.05, 0) is 0 Å². The van der Waals surface area contributed by atoms with Gasteiger partial charge < -0.3 is 0 Å². The molecule has 0 amide bonds. The first-order chi connectivity index (χ1) is 8.24. The molecule has 0 spiro atoms. The highest BCUT2D eigenvalue weighted by molar-refractivity contribution is 7.75. The summed E-state index contributed by atoms with van der Waals surface area (Å²) in [4.78, 5) is 0. The van der Waals surface area contributed by atoms with Crippen molar-refractivity contribution in [3.05, 3.63) is 0 Å². The van der Waals surface area contributed by atoms with Gasteiger partial charge in [-0.2, -0.15) is 21.0 Å². The number of rotatable bonds is 8. The highest BCUT2D eigenvalue weighted by atomic mass is 31.2. The van der Waals surface area contributed by atoms with Gasteiger partial charge >= 0.3 is 0 Å². The SMILES string of the molecule is N#CCC[P+](CCC#N)(CCC#N)CCC#N. The molecule has 0 fully saturated rings. The lowest BCUT2D eigenvalue weighted by molar-refractivity contribution is 1.07. The summed E-state index contributed by atoms with van der Waals surface area (Å²) in [5.74, 6) is 0. The number of hydrogen-bond donors (Lipinski definition) is 0. The highest BCUT2D eigenvalue weighted by Gasteiger charge is 2.35. The minimum atomic E-state index is -1.45. The zero-order valence-electron chi connectivity index (χ0n) is 9.89. The quantitative estimate of drug-likeness (QED) is 0.616. The van der Waals surface area contributed by atoms with Crippen LogP contribution in [-0.4, -0.2) is 24.6 Å². The van der Waals surface area contributed by atoms with E-state index in [0.29, 0.717) is 25.7 Å². The highest BCUT2D eigenvalue weighted by Crippen LogP contribution is 2.60. The first kappa shape index (κ1) is 15.4. The van der Waals surface area contributed by atoms with Gasteiger partial charge in [-0.3, -0.25) is 0 Å². The summed E-state index contributed by atoms with van der Waals surface area (Å²) in [6, 6.07) is 8.53. The Morgan fingerprint density at radius 3 is 0.941 bits per heavy atom. The van der Waals surface area contributed by atoms with Crippen LogP contribution in [0.4, 0.5) is 0 Å². The van der Waals surface area contributed by atoms with Crippen molar-refractivity contribution in [1.29, 1.82) is 21.0 Å². The maximum Gasteiger partial charge on any atom is 0.0725 e. The topological polar surface area (TPSA) is 95.2 Å². The van der Waals surface area contributed by atoms with Crippen LogP contribution in [-0.2, 0) is 0 Å². The second kappa shape index (κ2) is 9.60. The zero-order chi connectivity index (χ0) is 13.0. The van der Waals surface area contributed by atoms with E-state index in [1.54, 1.807) is 0 Å². The van der Waals surface area contributed by atoms with Crippen LogP contribution in [0.1, 0.15) is 25.7 Å². The molecule has 0 bridgehead atoms. The third-order valence-electron chi connectivity index (χ3n) is 2.79. The molecule has 0 aromatic heterocycles. The molecule has 0 radical (unpaired) electrons. The number of nitriles is 4. The molecule has 0 aromatic rings. The predicted molar refractivity (Wildman–Crippen MR) is 67.3 cm³/mol. The van der Waals surface area contributed by atoms with Crippen LogP contribution in [0.15, 0.2) is 0 Å². The fraction of sp³-hybridized carbons (Fsp3) is 0.667. The minimum absolute atomic E-state index is 0.468. The Hall–Kier alpha value is -1.61. The van der Waals surface area contributed by atoms with E-state index in [-0.39, 0.29) is 0 Å². The molecule has 0 saturated heterocycles. The molecule has 4 nitrogen and oxygen atoms in total. The van der Waals surface area contributed by atoms with Gasteiger partial charge in [-0.15, -0.1) is 0 Å². The van der Waals surface area contributed by atoms with Crippen LogP contribution in [0, 0.1) is 45.3 Å². The molecular weight excluding hydrogens is 231 g/mol. The third kappa shape index (κ3) is 6.53. The Morgan fingerprint density at radius 2 is 0.765 bits per heavy atom. The summed E-state index contributed by atoms with van der Waals surface area (Å²) in [5, 5.41) is 34.7. The maximum absolute atomic E-state index is 8.68. The molecule has 0 saturated carbocycles. The van der Waals surface area contributed by atoms with Crippen molar-refractivity contribution in [3.63, 3.8) is 0 Å². The lowest BCUT2D eigenvalue weighted by Gasteiger charge is -2.24. The van der Waals surface area contributed by atoms with Gasteiger partial charge in [-0.1, -0.05) is 0 Å². The maximum atomic E-state index is 8.68. The van der Waals surface area contributed by atoms with Gasteiger partial charge in [-0.25, -0.2) is 0 Å². The molecule has 0 aliphatic carbocycles. The first-order valence-corrected chi connectivity index (χ1v) is 8.10. The van der Waals surface area contributed by atoms with Crippen LogP contribution < -0.4 is 0 Å². The van der Waals surface area contributed by atoms with Crippen LogP contribution in [0.2, 0.25) is 0 Å². The first-order valence-electron chi connectivity index (χ1n) is 5.57. The van der Waals surface area contributed by atoms with Gasteiger partial charge in [0, 0.05) is 7.26 Å². The minimum Gasteiger partial charge on any atom is -0.198 e. The average Bonchev–Trinajstić information content (AvgIpc) is 2.37. The van der Waals surface area contributed by atoms with Crippen molar-refractivity contribution in [1.82, 2.24) is 0 Å². The van der Waals surface area contributed by atoms with E-state index in [1.165, 1.54) is 0 Å². The smallest absolute Gasteiger partial charge is 0.0725 e. The standard InChI is InChI=1S/C12H16N4P/c13-5-1-9-17(10-2-6-14,11-3-7-15)12-4-8-16/h1-4,9-12H2/q+1. The van der Waals surface area contributed by atoms with E-state index in [4.69, 9.17) is 21.0 Å². The molecule has 0 aliphatic rings. The largest absolute Gasteiger partial charge is 0.198 e. The number of hydrogen-bond acceptors (Lipinski definition) is 4. The number of nitrogens with zero attached hydrogens (tertiary/aromatic N) is 4. The summed E-state index contributed by atoms with van der Waals surface area (Å²) in [6.45, 7) is 0. The second-order valence-corrected chi connectivity index (χ2v) is 8.34. The Morgan fingerprint density at radius 1 is 0.529 bits per heavy atom. The Labute approximate surface area is 103 Å². The molecule has 0 unspecified atom stereocenters. The van der Waals surface area contributed by atoms with E-state index in [2.05, 4.69) is 24.3 Å². The van der Waals surface area contributed by atoms with Crippen molar-refractivity contribution < 1.29 is 0 Å². The van der Waals surface area contributed by atoms with Gasteiger partial charge in [0.15, 0.2) is 0 Å². The van der Waals surface area contributed by atoms with E-state index in [1.807, 2.05) is 0 Å². The monoisotopic (exact) mass is 247 g/mol. The summed E-state index contributed by atoms with van der Waals surface area (Å²) < 4.78 is 0. The van der Waals surface area contributed by atoms with E-state index < -0.39 is 7.26 Å². The molecule has 0 aliphatic heterocycles. The van der Waals surface area contributed by atoms with Gasteiger partial charge in [0.25, 0.3) is 0 Å². The van der Waals surface area contributed by atoms with E-state index in [9.17, 15) is 0 Å². The molecule has 0 heterocycles. The van der Waals surface area contributed by atoms with Crippen molar-refractivity contribution >= 4 is 7.26 Å². The predicted octanol–water partition coefficient (Wildman–Crippen LogP) is 2.66. The van der Waals surface area contributed by atoms with Crippen molar-refractivity contribution in [2.45, 2.75) is 25.7 Å². The van der Waals surface area contributed by atoms with E-state index >= 15 is 0 Å². The molecule has 0 atom stereocenters. The lowest BCUT2D eigenvalue weighted by atomic mass is 10.5. The summed E-state index contributed by atoms with van der Waals surface area (Å²) in [7, 11) is -1.45. The molecule has 0 rings (SSSR count). The van der Waals surface area contributed by atoms with Crippen molar-refractivity contribution in [3.8, 4) is 24.3 Å². The second-order valence-electron chi connectivity index (χ2n) is 3.87. The van der Waals surface area contributed by atoms with Gasteiger partial charge in [0.05, 0.1) is 74.6 Å². The summed E-state index contributed by atoms with van der Waals surface area (Å²) >= 11 is 0. The molecular formula is C12H16N4P+. The third-order valence-corrected chi connectivity index (χ3v) is 7.48. The van der Waals surface area contributed by atoms with Gasteiger partial charge in [0.2, 0.25) is 0 Å². The van der Waals surface area contributed by atoms with Crippen molar-refractivity contribution in [2.75, 3.05) is 24.6 Å². The molecule has 0 aromatic carbocycles. The molecule has 88 valence electrons. The lowest BCUT2D eigenvalue weighted by Crippen LogP contribution is -2.12. The summed E-state index contributed by atoms with van der Waals surface area (Å²) in [6.07, 6.45) is 5.02. The van der Waals surface area contributed by atoms with Gasteiger partial charge in [0.1, 0.15) is 0 Å². The normalized spacial score (nSPS) is 9.65. The van der Waals surface area contributed by atoms with Crippen LogP contribution in [0.3, 0.4) is 0 Å².